The van der Waals surface area contributed by atoms with Gasteiger partial charge < -0.3 is 15.1 Å². The molecule has 1 aromatic rings. The van der Waals surface area contributed by atoms with Gasteiger partial charge in [-0.25, -0.2) is 4.39 Å². The minimum Gasteiger partial charge on any atom is -0.396 e. The summed E-state index contributed by atoms with van der Waals surface area (Å²) < 4.78 is 13.9. The summed E-state index contributed by atoms with van der Waals surface area (Å²) in [6.45, 7) is 1.52. The molecule has 122 valence electrons. The molecule has 0 spiro atoms. The molecule has 2 N–H and O–H groups in total. The molecule has 1 fully saturated rings. The van der Waals surface area contributed by atoms with Gasteiger partial charge in [0.05, 0.1) is 13.2 Å². The molecule has 4 nitrogen and oxygen atoms in total. The van der Waals surface area contributed by atoms with Gasteiger partial charge in [0.15, 0.2) is 0 Å². The lowest BCUT2D eigenvalue weighted by molar-refractivity contribution is -0.133. The van der Waals surface area contributed by atoms with Crippen molar-refractivity contribution in [3.8, 4) is 0 Å². The zero-order chi connectivity index (χ0) is 16.5. The van der Waals surface area contributed by atoms with E-state index in [9.17, 15) is 19.4 Å². The Morgan fingerprint density at radius 1 is 1.45 bits per heavy atom. The fraction of sp³-hybridized carbons (Fsp3) is 0.562. The number of carbonyl (C=O) groups is 1. The van der Waals surface area contributed by atoms with Crippen LogP contribution in [0.4, 0.5) is 4.39 Å². The topological polar surface area (TPSA) is 60.8 Å². The molecule has 0 saturated heterocycles. The van der Waals surface area contributed by atoms with Crippen molar-refractivity contribution in [1.82, 2.24) is 4.90 Å². The van der Waals surface area contributed by atoms with Crippen molar-refractivity contribution in [2.24, 2.45) is 11.3 Å². The molecule has 0 heterocycles. The number of amides is 1. The SMILES string of the molecule is CN(CC(C)(CO)CO)C(=O)[C@@H]1C[C@@H]1c1c(F)cccc1Cl. The Morgan fingerprint density at radius 3 is 2.64 bits per heavy atom. The predicted molar refractivity (Wildman–Crippen MR) is 82.2 cm³/mol. The van der Waals surface area contributed by atoms with Crippen molar-refractivity contribution >= 4 is 17.5 Å². The van der Waals surface area contributed by atoms with Gasteiger partial charge in [0.2, 0.25) is 5.91 Å². The van der Waals surface area contributed by atoms with Gasteiger partial charge in [-0.2, -0.15) is 0 Å². The summed E-state index contributed by atoms with van der Waals surface area (Å²) in [5, 5.41) is 19.0. The number of nitrogens with zero attached hydrogens (tertiary/aromatic N) is 1. The number of benzene rings is 1. The summed E-state index contributed by atoms with van der Waals surface area (Å²) in [5.41, 5.74) is -0.340. The molecule has 0 bridgehead atoms. The van der Waals surface area contributed by atoms with Crippen LogP contribution in [0.5, 0.6) is 0 Å². The smallest absolute Gasteiger partial charge is 0.226 e. The lowest BCUT2D eigenvalue weighted by atomic mass is 9.92. The highest BCUT2D eigenvalue weighted by atomic mass is 35.5. The van der Waals surface area contributed by atoms with E-state index in [2.05, 4.69) is 0 Å². The van der Waals surface area contributed by atoms with E-state index in [0.717, 1.165) is 0 Å². The Balaban J connectivity index is 2.04. The second kappa shape index (κ2) is 6.52. The third-order valence-corrected chi connectivity index (χ3v) is 4.57. The Morgan fingerprint density at radius 2 is 2.09 bits per heavy atom. The lowest BCUT2D eigenvalue weighted by Gasteiger charge is -2.30. The van der Waals surface area contributed by atoms with Crippen LogP contribution >= 0.6 is 11.6 Å². The average molecular weight is 330 g/mol. The van der Waals surface area contributed by atoms with Gasteiger partial charge in [-0.15, -0.1) is 0 Å². The maximum atomic E-state index is 13.9. The molecule has 2 atom stereocenters. The van der Waals surface area contributed by atoms with E-state index in [1.165, 1.54) is 11.0 Å². The third-order valence-electron chi connectivity index (χ3n) is 4.24. The van der Waals surface area contributed by atoms with Crippen LogP contribution in [0, 0.1) is 17.2 Å². The predicted octanol–water partition coefficient (Wildman–Crippen LogP) is 2.03. The van der Waals surface area contributed by atoms with E-state index in [4.69, 9.17) is 11.6 Å². The van der Waals surface area contributed by atoms with Crippen molar-refractivity contribution in [1.29, 1.82) is 0 Å². The minimum atomic E-state index is -0.746. The monoisotopic (exact) mass is 329 g/mol. The quantitative estimate of drug-likeness (QED) is 0.839. The van der Waals surface area contributed by atoms with Crippen molar-refractivity contribution in [3.05, 3.63) is 34.6 Å². The van der Waals surface area contributed by atoms with Gasteiger partial charge in [-0.05, 0) is 18.6 Å². The van der Waals surface area contributed by atoms with Crippen molar-refractivity contribution in [2.75, 3.05) is 26.8 Å². The molecule has 1 aliphatic rings. The normalized spacial score (nSPS) is 20.8. The molecule has 1 saturated carbocycles. The first-order valence-electron chi connectivity index (χ1n) is 7.23. The van der Waals surface area contributed by atoms with Crippen LogP contribution < -0.4 is 0 Å². The lowest BCUT2D eigenvalue weighted by Crippen LogP contribution is -2.42. The molecule has 22 heavy (non-hydrogen) atoms. The first kappa shape index (κ1) is 17.2. The summed E-state index contributed by atoms with van der Waals surface area (Å²) in [4.78, 5) is 13.9. The van der Waals surface area contributed by atoms with Gasteiger partial charge >= 0.3 is 0 Å². The molecule has 0 unspecified atom stereocenters. The Hall–Kier alpha value is -1.17. The summed E-state index contributed by atoms with van der Waals surface area (Å²) in [7, 11) is 1.63. The van der Waals surface area contributed by atoms with Crippen molar-refractivity contribution in [3.63, 3.8) is 0 Å². The summed E-state index contributed by atoms with van der Waals surface area (Å²) >= 11 is 6.03. The highest BCUT2D eigenvalue weighted by Crippen LogP contribution is 2.51. The molecule has 2 rings (SSSR count). The van der Waals surface area contributed by atoms with E-state index < -0.39 is 5.41 Å². The maximum Gasteiger partial charge on any atom is 0.226 e. The van der Waals surface area contributed by atoms with Crippen molar-refractivity contribution < 1.29 is 19.4 Å². The van der Waals surface area contributed by atoms with Crippen LogP contribution in [0.15, 0.2) is 18.2 Å². The summed E-state index contributed by atoms with van der Waals surface area (Å²) in [6.07, 6.45) is 0.568. The van der Waals surface area contributed by atoms with Crippen LogP contribution in [-0.2, 0) is 4.79 Å². The van der Waals surface area contributed by atoms with E-state index >= 15 is 0 Å². The van der Waals surface area contributed by atoms with Gasteiger partial charge in [-0.1, -0.05) is 24.6 Å². The number of aliphatic hydroxyl groups excluding tert-OH is 2. The first-order valence-corrected chi connectivity index (χ1v) is 7.61. The largest absolute Gasteiger partial charge is 0.396 e. The molecular formula is C16H21ClFNO3. The van der Waals surface area contributed by atoms with Crippen molar-refractivity contribution in [2.45, 2.75) is 19.3 Å². The third kappa shape index (κ3) is 3.42. The molecule has 1 aromatic carbocycles. The summed E-state index contributed by atoms with van der Waals surface area (Å²) in [6, 6.07) is 4.51. The van der Waals surface area contributed by atoms with Crippen LogP contribution in [0.3, 0.4) is 0 Å². The average Bonchev–Trinajstić information content (AvgIpc) is 3.26. The number of halogens is 2. The molecule has 1 aliphatic carbocycles. The van der Waals surface area contributed by atoms with Crippen LogP contribution in [0.2, 0.25) is 5.02 Å². The first-order chi connectivity index (χ1) is 10.3. The number of aliphatic hydroxyl groups is 2. The van der Waals surface area contributed by atoms with E-state index in [-0.39, 0.29) is 43.3 Å². The second-order valence-electron chi connectivity index (χ2n) is 6.41. The number of hydrogen-bond acceptors (Lipinski definition) is 3. The Bertz CT molecular complexity index is 542. The van der Waals surface area contributed by atoms with E-state index in [1.807, 2.05) is 0 Å². The second-order valence-corrected chi connectivity index (χ2v) is 6.81. The molecule has 0 aliphatic heterocycles. The summed E-state index contributed by atoms with van der Waals surface area (Å²) in [5.74, 6) is -0.984. The molecule has 0 radical (unpaired) electrons. The van der Waals surface area contributed by atoms with Gasteiger partial charge in [-0.3, -0.25) is 4.79 Å². The maximum absolute atomic E-state index is 13.9. The van der Waals surface area contributed by atoms with Gasteiger partial charge in [0.25, 0.3) is 0 Å². The minimum absolute atomic E-state index is 0.113. The van der Waals surface area contributed by atoms with Crippen LogP contribution in [-0.4, -0.2) is 47.8 Å². The molecular weight excluding hydrogens is 309 g/mol. The number of hydrogen-bond donors (Lipinski definition) is 2. The highest BCUT2D eigenvalue weighted by Gasteiger charge is 2.47. The number of rotatable bonds is 6. The highest BCUT2D eigenvalue weighted by molar-refractivity contribution is 6.31. The fourth-order valence-corrected chi connectivity index (χ4v) is 3.04. The van der Waals surface area contributed by atoms with Crippen LogP contribution in [0.1, 0.15) is 24.8 Å². The molecule has 0 aromatic heterocycles. The van der Waals surface area contributed by atoms with Crippen LogP contribution in [0.25, 0.3) is 0 Å². The Labute approximate surface area is 134 Å². The van der Waals surface area contributed by atoms with Gasteiger partial charge in [0, 0.05) is 41.4 Å². The molecule has 6 heteroatoms. The Kier molecular flexibility index (Phi) is 5.10. The fourth-order valence-electron chi connectivity index (χ4n) is 2.74. The van der Waals surface area contributed by atoms with E-state index in [1.54, 1.807) is 26.1 Å². The number of carbonyl (C=O) groups excluding carboxylic acids is 1. The van der Waals surface area contributed by atoms with E-state index in [0.29, 0.717) is 17.0 Å². The zero-order valence-corrected chi connectivity index (χ0v) is 13.5. The zero-order valence-electron chi connectivity index (χ0n) is 12.7. The standard InChI is InChI=1S/C16H21ClFNO3/c1-16(8-20,9-21)7-19(2)15(22)11-6-10(11)14-12(17)4-3-5-13(14)18/h3-5,10-11,20-21H,6-9H2,1-2H3/t10-,11+/m0/s1. The van der Waals surface area contributed by atoms with Gasteiger partial charge in [0.1, 0.15) is 5.82 Å². The molecule has 1 amide bonds.